The molecule has 0 spiro atoms. The van der Waals surface area contributed by atoms with E-state index in [-0.39, 0.29) is 10.6 Å². The van der Waals surface area contributed by atoms with Gasteiger partial charge in [-0.2, -0.15) is 0 Å². The van der Waals surface area contributed by atoms with Crippen LogP contribution in [0.2, 0.25) is 0 Å². The third kappa shape index (κ3) is 4.04. The molecule has 2 rings (SSSR count). The zero-order valence-corrected chi connectivity index (χ0v) is 12.9. The molecule has 1 aliphatic rings. The molecular formula is C14H23N5O2. The molecule has 116 valence electrons. The van der Waals surface area contributed by atoms with E-state index in [2.05, 4.69) is 22.2 Å². The van der Waals surface area contributed by atoms with Crippen molar-refractivity contribution in [2.45, 2.75) is 13.3 Å². The Kier molecular flexibility index (Phi) is 4.95. The molecule has 0 saturated carbocycles. The molecule has 21 heavy (non-hydrogen) atoms. The summed E-state index contributed by atoms with van der Waals surface area (Å²) in [7, 11) is 4.06. The van der Waals surface area contributed by atoms with Crippen LogP contribution in [0.15, 0.2) is 12.1 Å². The van der Waals surface area contributed by atoms with Gasteiger partial charge < -0.3 is 15.1 Å². The average Bonchev–Trinajstić information content (AvgIpc) is 2.84. The maximum absolute atomic E-state index is 11.0. The van der Waals surface area contributed by atoms with Crippen LogP contribution in [0.4, 0.5) is 17.3 Å². The quantitative estimate of drug-likeness (QED) is 0.637. The van der Waals surface area contributed by atoms with E-state index < -0.39 is 0 Å². The largest absolute Gasteiger partial charge is 0.370 e. The van der Waals surface area contributed by atoms with E-state index in [0.29, 0.717) is 24.1 Å². The highest BCUT2D eigenvalue weighted by atomic mass is 16.6. The molecule has 0 aliphatic carbocycles. The minimum atomic E-state index is -0.372. The van der Waals surface area contributed by atoms with Gasteiger partial charge in [0.2, 0.25) is 0 Å². The molecule has 1 atom stereocenters. The van der Waals surface area contributed by atoms with Crippen LogP contribution in [-0.2, 0) is 0 Å². The number of nitrogens with one attached hydrogen (secondary N) is 1. The molecule has 1 N–H and O–H groups in total. The van der Waals surface area contributed by atoms with Gasteiger partial charge in [-0.15, -0.1) is 0 Å². The highest BCUT2D eigenvalue weighted by Gasteiger charge is 2.22. The van der Waals surface area contributed by atoms with Gasteiger partial charge in [-0.25, -0.2) is 4.98 Å². The maximum atomic E-state index is 11.0. The van der Waals surface area contributed by atoms with Gasteiger partial charge in [0, 0.05) is 26.7 Å². The number of pyridine rings is 1. The van der Waals surface area contributed by atoms with Crippen LogP contribution in [0.25, 0.3) is 0 Å². The van der Waals surface area contributed by atoms with Crippen LogP contribution in [0.3, 0.4) is 0 Å². The molecule has 0 bridgehead atoms. The lowest BCUT2D eigenvalue weighted by atomic mass is 10.1. The number of anilines is 2. The molecule has 0 aromatic carbocycles. The molecule has 1 unspecified atom stereocenters. The average molecular weight is 293 g/mol. The van der Waals surface area contributed by atoms with E-state index in [1.54, 1.807) is 6.07 Å². The van der Waals surface area contributed by atoms with E-state index in [1.165, 1.54) is 6.07 Å². The highest BCUT2D eigenvalue weighted by molar-refractivity contribution is 5.55. The second-order valence-electron chi connectivity index (χ2n) is 5.65. The first-order valence-electron chi connectivity index (χ1n) is 7.29. The lowest BCUT2D eigenvalue weighted by Gasteiger charge is -2.22. The molecule has 7 nitrogen and oxygen atoms in total. The van der Waals surface area contributed by atoms with Crippen molar-refractivity contribution in [3.8, 4) is 0 Å². The predicted octanol–water partition coefficient (Wildman–Crippen LogP) is 1.81. The van der Waals surface area contributed by atoms with Crippen molar-refractivity contribution in [3.63, 3.8) is 0 Å². The Bertz CT molecular complexity index is 508. The molecule has 1 aliphatic heterocycles. The topological polar surface area (TPSA) is 74.5 Å². The van der Waals surface area contributed by atoms with Crippen molar-refractivity contribution in [3.05, 3.63) is 22.2 Å². The lowest BCUT2D eigenvalue weighted by molar-refractivity contribution is -0.384. The summed E-state index contributed by atoms with van der Waals surface area (Å²) in [5.41, 5.74) is 0.0753. The van der Waals surface area contributed by atoms with Crippen molar-refractivity contribution in [2.75, 3.05) is 50.5 Å². The Balaban J connectivity index is 2.14. The Morgan fingerprint density at radius 1 is 1.57 bits per heavy atom. The van der Waals surface area contributed by atoms with Gasteiger partial charge in [-0.05, 0) is 32.9 Å². The molecule has 0 radical (unpaired) electrons. The predicted molar refractivity (Wildman–Crippen MR) is 83.9 cm³/mol. The van der Waals surface area contributed by atoms with Gasteiger partial charge >= 0.3 is 0 Å². The lowest BCUT2D eigenvalue weighted by Crippen LogP contribution is -2.28. The minimum Gasteiger partial charge on any atom is -0.370 e. The molecule has 1 saturated heterocycles. The zero-order valence-electron chi connectivity index (χ0n) is 12.9. The molecule has 1 fully saturated rings. The van der Waals surface area contributed by atoms with Gasteiger partial charge in [0.05, 0.1) is 17.1 Å². The summed E-state index contributed by atoms with van der Waals surface area (Å²) in [6.07, 6.45) is 1.16. The molecule has 1 aromatic rings. The number of aromatic nitrogens is 1. The highest BCUT2D eigenvalue weighted by Crippen LogP contribution is 2.24. The number of nitrogens with zero attached hydrogens (tertiary/aromatic N) is 4. The summed E-state index contributed by atoms with van der Waals surface area (Å²) in [5, 5.41) is 14.1. The second-order valence-corrected chi connectivity index (χ2v) is 5.65. The van der Waals surface area contributed by atoms with Crippen LogP contribution >= 0.6 is 0 Å². The molecule has 7 heteroatoms. The summed E-state index contributed by atoms with van der Waals surface area (Å²) < 4.78 is 0. The maximum Gasteiger partial charge on any atom is 0.276 e. The SMILES string of the molecule is CCNc1cc([N+](=O)[O-])cc(N(C)CC2CCN(C)C2)n1. The van der Waals surface area contributed by atoms with E-state index in [1.807, 2.05) is 18.9 Å². The van der Waals surface area contributed by atoms with Crippen LogP contribution in [0.5, 0.6) is 0 Å². The molecule has 2 heterocycles. The Morgan fingerprint density at radius 3 is 2.90 bits per heavy atom. The van der Waals surface area contributed by atoms with Gasteiger partial charge in [0.1, 0.15) is 11.6 Å². The van der Waals surface area contributed by atoms with Gasteiger partial charge in [0.25, 0.3) is 5.69 Å². The fraction of sp³-hybridized carbons (Fsp3) is 0.643. The molecular weight excluding hydrogens is 270 g/mol. The number of nitro groups is 1. The third-order valence-electron chi connectivity index (χ3n) is 3.78. The first-order chi connectivity index (χ1) is 9.99. The first kappa shape index (κ1) is 15.5. The standard InChI is InChI=1S/C14H23N5O2/c1-4-15-13-7-12(19(20)21)8-14(16-13)18(3)10-11-5-6-17(2)9-11/h7-8,11H,4-6,9-10H2,1-3H3,(H,15,16). The van der Waals surface area contributed by atoms with Crippen molar-refractivity contribution >= 4 is 17.3 Å². The minimum absolute atomic E-state index is 0.0753. The zero-order chi connectivity index (χ0) is 15.4. The first-order valence-corrected chi connectivity index (χ1v) is 7.29. The van der Waals surface area contributed by atoms with Gasteiger partial charge in [-0.1, -0.05) is 0 Å². The van der Waals surface area contributed by atoms with Crippen molar-refractivity contribution < 1.29 is 4.92 Å². The fourth-order valence-corrected chi connectivity index (χ4v) is 2.73. The van der Waals surface area contributed by atoms with Gasteiger partial charge in [0.15, 0.2) is 0 Å². The summed E-state index contributed by atoms with van der Waals surface area (Å²) >= 11 is 0. The molecule has 1 aromatic heterocycles. The van der Waals surface area contributed by atoms with Crippen LogP contribution < -0.4 is 10.2 Å². The summed E-state index contributed by atoms with van der Waals surface area (Å²) in [4.78, 5) is 19.5. The summed E-state index contributed by atoms with van der Waals surface area (Å²) in [6.45, 7) is 5.68. The van der Waals surface area contributed by atoms with Crippen molar-refractivity contribution in [2.24, 2.45) is 5.92 Å². The van der Waals surface area contributed by atoms with E-state index in [9.17, 15) is 10.1 Å². The van der Waals surface area contributed by atoms with Crippen LogP contribution in [-0.4, -0.2) is 55.1 Å². The van der Waals surface area contributed by atoms with Crippen molar-refractivity contribution in [1.82, 2.24) is 9.88 Å². The fourth-order valence-electron chi connectivity index (χ4n) is 2.73. The summed E-state index contributed by atoms with van der Waals surface area (Å²) in [6, 6.07) is 3.02. The van der Waals surface area contributed by atoms with Crippen LogP contribution in [0, 0.1) is 16.0 Å². The second kappa shape index (κ2) is 6.71. The Labute approximate surface area is 125 Å². The normalized spacial score (nSPS) is 18.7. The third-order valence-corrected chi connectivity index (χ3v) is 3.78. The van der Waals surface area contributed by atoms with E-state index in [0.717, 1.165) is 26.1 Å². The number of hydrogen-bond acceptors (Lipinski definition) is 6. The Morgan fingerprint density at radius 2 is 2.33 bits per heavy atom. The smallest absolute Gasteiger partial charge is 0.276 e. The van der Waals surface area contributed by atoms with Crippen LogP contribution in [0.1, 0.15) is 13.3 Å². The molecule has 0 amide bonds. The Hall–Kier alpha value is -1.89. The number of rotatable bonds is 6. The van der Waals surface area contributed by atoms with E-state index >= 15 is 0 Å². The van der Waals surface area contributed by atoms with Gasteiger partial charge in [-0.3, -0.25) is 10.1 Å². The summed E-state index contributed by atoms with van der Waals surface area (Å²) in [5.74, 6) is 1.79. The van der Waals surface area contributed by atoms with Crippen molar-refractivity contribution in [1.29, 1.82) is 0 Å². The monoisotopic (exact) mass is 293 g/mol. The number of hydrogen-bond donors (Lipinski definition) is 1. The van der Waals surface area contributed by atoms with E-state index in [4.69, 9.17) is 0 Å². The number of likely N-dealkylation sites (tertiary alicyclic amines) is 1.